The van der Waals surface area contributed by atoms with Crippen molar-refractivity contribution < 1.29 is 4.74 Å². The van der Waals surface area contributed by atoms with Crippen LogP contribution in [-0.4, -0.2) is 24.3 Å². The molecule has 4 atom stereocenters. The van der Waals surface area contributed by atoms with Crippen molar-refractivity contribution in [2.45, 2.75) is 57.8 Å². The predicted octanol–water partition coefficient (Wildman–Crippen LogP) is 1.94. The van der Waals surface area contributed by atoms with Crippen molar-refractivity contribution in [3.8, 4) is 0 Å². The summed E-state index contributed by atoms with van der Waals surface area (Å²) in [7, 11) is 0. The lowest BCUT2D eigenvalue weighted by molar-refractivity contribution is -0.141. The molecule has 0 aromatic rings. The maximum Gasteiger partial charge on any atom is 0.0836 e. The first kappa shape index (κ1) is 9.47. The van der Waals surface area contributed by atoms with Crippen molar-refractivity contribution >= 4 is 0 Å². The fraction of sp³-hybridized carbons (Fsp3) is 1.00. The van der Waals surface area contributed by atoms with Gasteiger partial charge >= 0.3 is 0 Å². The molecule has 0 radical (unpaired) electrons. The van der Waals surface area contributed by atoms with Crippen molar-refractivity contribution in [3.63, 3.8) is 0 Å². The number of hydrogen-bond acceptors (Lipinski definition) is 2. The van der Waals surface area contributed by atoms with Crippen LogP contribution in [-0.2, 0) is 4.74 Å². The highest BCUT2D eigenvalue weighted by molar-refractivity contribution is 4.98. The summed E-state index contributed by atoms with van der Waals surface area (Å²) in [6.45, 7) is 7.78. The zero-order valence-corrected chi connectivity index (χ0v) is 8.97. The summed E-state index contributed by atoms with van der Waals surface area (Å²) < 4.78 is 6.20. The summed E-state index contributed by atoms with van der Waals surface area (Å²) in [6, 6.07) is 0.512. The van der Waals surface area contributed by atoms with E-state index in [1.165, 1.54) is 19.3 Å². The van der Waals surface area contributed by atoms with Crippen LogP contribution in [0.1, 0.15) is 40.0 Å². The molecule has 2 heteroatoms. The topological polar surface area (TPSA) is 21.3 Å². The van der Waals surface area contributed by atoms with Gasteiger partial charge in [-0.1, -0.05) is 13.3 Å². The van der Waals surface area contributed by atoms with Crippen molar-refractivity contribution in [3.05, 3.63) is 0 Å². The normalized spacial score (nSPS) is 51.5. The molecule has 1 spiro atoms. The van der Waals surface area contributed by atoms with E-state index in [0.29, 0.717) is 12.1 Å². The SMILES string of the molecule is CC1NCC2(CCCC2C)OC1C. The molecule has 4 unspecified atom stereocenters. The summed E-state index contributed by atoms with van der Waals surface area (Å²) >= 11 is 0. The second-order valence-corrected chi connectivity index (χ2v) is 4.85. The molecule has 0 amide bonds. The minimum absolute atomic E-state index is 0.173. The first-order chi connectivity index (χ1) is 6.14. The molecular formula is C11H21NO. The third-order valence-electron chi connectivity index (χ3n) is 3.98. The second kappa shape index (κ2) is 3.25. The van der Waals surface area contributed by atoms with Crippen LogP contribution in [0.3, 0.4) is 0 Å². The van der Waals surface area contributed by atoms with Crippen molar-refractivity contribution in [2.75, 3.05) is 6.54 Å². The maximum atomic E-state index is 6.20. The molecule has 0 bridgehead atoms. The lowest BCUT2D eigenvalue weighted by Gasteiger charge is -2.44. The van der Waals surface area contributed by atoms with Gasteiger partial charge in [-0.25, -0.2) is 0 Å². The van der Waals surface area contributed by atoms with E-state index in [-0.39, 0.29) is 5.60 Å². The molecular weight excluding hydrogens is 162 g/mol. The largest absolute Gasteiger partial charge is 0.369 e. The minimum Gasteiger partial charge on any atom is -0.369 e. The van der Waals surface area contributed by atoms with E-state index in [4.69, 9.17) is 4.74 Å². The summed E-state index contributed by atoms with van der Waals surface area (Å²) in [5.41, 5.74) is 0.173. The predicted molar refractivity (Wildman–Crippen MR) is 53.8 cm³/mol. The molecule has 13 heavy (non-hydrogen) atoms. The highest BCUT2D eigenvalue weighted by Gasteiger charge is 2.45. The molecule has 2 nitrogen and oxygen atoms in total. The van der Waals surface area contributed by atoms with Gasteiger partial charge in [0.2, 0.25) is 0 Å². The van der Waals surface area contributed by atoms with Crippen LogP contribution < -0.4 is 5.32 Å². The molecule has 1 aliphatic heterocycles. The zero-order chi connectivity index (χ0) is 9.47. The average molecular weight is 183 g/mol. The van der Waals surface area contributed by atoms with E-state index in [9.17, 15) is 0 Å². The van der Waals surface area contributed by atoms with E-state index in [0.717, 1.165) is 12.5 Å². The summed E-state index contributed by atoms with van der Waals surface area (Å²) in [5, 5.41) is 3.57. The van der Waals surface area contributed by atoms with Gasteiger partial charge in [-0.3, -0.25) is 0 Å². The molecule has 1 saturated carbocycles. The molecule has 0 aromatic carbocycles. The Balaban J connectivity index is 2.08. The van der Waals surface area contributed by atoms with Crippen LogP contribution in [0.4, 0.5) is 0 Å². The number of hydrogen-bond donors (Lipinski definition) is 1. The molecule has 2 rings (SSSR count). The molecule has 1 heterocycles. The van der Waals surface area contributed by atoms with Gasteiger partial charge in [0.25, 0.3) is 0 Å². The highest BCUT2D eigenvalue weighted by Crippen LogP contribution is 2.40. The van der Waals surface area contributed by atoms with Gasteiger partial charge in [0, 0.05) is 12.6 Å². The first-order valence-corrected chi connectivity index (χ1v) is 5.55. The lowest BCUT2D eigenvalue weighted by Crippen LogP contribution is -2.58. The van der Waals surface area contributed by atoms with Crippen LogP contribution in [0.15, 0.2) is 0 Å². The van der Waals surface area contributed by atoms with E-state index in [1.54, 1.807) is 0 Å². The molecule has 1 saturated heterocycles. The van der Waals surface area contributed by atoms with Gasteiger partial charge in [0.15, 0.2) is 0 Å². The Labute approximate surface area is 81.0 Å². The fourth-order valence-corrected chi connectivity index (χ4v) is 2.67. The molecule has 1 aliphatic carbocycles. The van der Waals surface area contributed by atoms with Crippen LogP contribution in [0.25, 0.3) is 0 Å². The fourth-order valence-electron chi connectivity index (χ4n) is 2.67. The molecule has 0 aromatic heterocycles. The van der Waals surface area contributed by atoms with Gasteiger partial charge in [0.05, 0.1) is 11.7 Å². The third kappa shape index (κ3) is 1.50. The van der Waals surface area contributed by atoms with Gasteiger partial charge in [-0.2, -0.15) is 0 Å². The molecule has 2 aliphatic rings. The van der Waals surface area contributed by atoms with Crippen molar-refractivity contribution in [2.24, 2.45) is 5.92 Å². The number of morpholine rings is 1. The molecule has 2 fully saturated rings. The van der Waals surface area contributed by atoms with E-state index in [1.807, 2.05) is 0 Å². The maximum absolute atomic E-state index is 6.20. The van der Waals surface area contributed by atoms with Crippen LogP contribution in [0.2, 0.25) is 0 Å². The average Bonchev–Trinajstić information content (AvgIpc) is 2.42. The van der Waals surface area contributed by atoms with E-state index in [2.05, 4.69) is 26.1 Å². The van der Waals surface area contributed by atoms with Gasteiger partial charge in [-0.15, -0.1) is 0 Å². The highest BCUT2D eigenvalue weighted by atomic mass is 16.5. The molecule has 1 N–H and O–H groups in total. The second-order valence-electron chi connectivity index (χ2n) is 4.85. The zero-order valence-electron chi connectivity index (χ0n) is 8.97. The standard InChI is InChI=1S/C11H21NO/c1-8-5-4-6-11(8)7-12-9(2)10(3)13-11/h8-10,12H,4-7H2,1-3H3. The quantitative estimate of drug-likeness (QED) is 0.619. The van der Waals surface area contributed by atoms with Gasteiger partial charge in [0.1, 0.15) is 0 Å². The Kier molecular flexibility index (Phi) is 2.37. The van der Waals surface area contributed by atoms with Crippen LogP contribution in [0.5, 0.6) is 0 Å². The van der Waals surface area contributed by atoms with Crippen LogP contribution >= 0.6 is 0 Å². The third-order valence-corrected chi connectivity index (χ3v) is 3.98. The number of nitrogens with one attached hydrogen (secondary N) is 1. The van der Waals surface area contributed by atoms with E-state index >= 15 is 0 Å². The van der Waals surface area contributed by atoms with E-state index < -0.39 is 0 Å². The Morgan fingerprint density at radius 3 is 2.62 bits per heavy atom. The van der Waals surface area contributed by atoms with Gasteiger partial charge < -0.3 is 10.1 Å². The summed E-state index contributed by atoms with van der Waals surface area (Å²) in [6.07, 6.45) is 4.29. The van der Waals surface area contributed by atoms with Gasteiger partial charge in [-0.05, 0) is 32.6 Å². The molecule has 76 valence electrons. The van der Waals surface area contributed by atoms with Crippen LogP contribution in [0, 0.1) is 5.92 Å². The van der Waals surface area contributed by atoms with Crippen molar-refractivity contribution in [1.29, 1.82) is 0 Å². The first-order valence-electron chi connectivity index (χ1n) is 5.55. The Hall–Kier alpha value is -0.0800. The summed E-state index contributed by atoms with van der Waals surface area (Å²) in [4.78, 5) is 0. The monoisotopic (exact) mass is 183 g/mol. The van der Waals surface area contributed by atoms with Crippen molar-refractivity contribution in [1.82, 2.24) is 5.32 Å². The lowest BCUT2D eigenvalue weighted by atomic mass is 9.89. The smallest absolute Gasteiger partial charge is 0.0836 e. The number of ether oxygens (including phenoxy) is 1. The Bertz CT molecular complexity index is 195. The Morgan fingerprint density at radius 1 is 1.31 bits per heavy atom. The Morgan fingerprint density at radius 2 is 2.08 bits per heavy atom. The number of rotatable bonds is 0. The summed E-state index contributed by atoms with van der Waals surface area (Å²) in [5.74, 6) is 0.731. The minimum atomic E-state index is 0.173.